The number of carbonyl (C=O) groups excluding carboxylic acids is 1. The molecule has 0 fully saturated rings. The van der Waals surface area contributed by atoms with Crippen LogP contribution in [0.4, 0.5) is 0 Å². The normalized spacial score (nSPS) is 11.0. The molecule has 0 saturated heterocycles. The zero-order valence-electron chi connectivity index (χ0n) is 17.3. The Morgan fingerprint density at radius 2 is 1.73 bits per heavy atom. The first-order chi connectivity index (χ1) is 14.7. The lowest BCUT2D eigenvalue weighted by molar-refractivity contribution is -0.121. The van der Waals surface area contributed by atoms with Gasteiger partial charge in [-0.05, 0) is 60.2 Å². The number of hydrogen-bond acceptors (Lipinski definition) is 2. The minimum atomic E-state index is 0.0930. The van der Waals surface area contributed by atoms with Crippen molar-refractivity contribution in [1.29, 1.82) is 0 Å². The lowest BCUT2D eigenvalue weighted by atomic mass is 10.1. The molecule has 152 valence electrons. The Kier molecular flexibility index (Phi) is 6.23. The monoisotopic (exact) mass is 397 g/mol. The number of fused-ring (bicyclic) bond motifs is 1. The lowest BCUT2D eigenvalue weighted by Gasteiger charge is -2.08. The molecular formula is C26H27N3O. The maximum absolute atomic E-state index is 12.2. The van der Waals surface area contributed by atoms with Crippen molar-refractivity contribution in [2.24, 2.45) is 0 Å². The van der Waals surface area contributed by atoms with Crippen LogP contribution < -0.4 is 5.32 Å². The van der Waals surface area contributed by atoms with Crippen molar-refractivity contribution < 1.29 is 4.79 Å². The molecule has 0 atom stereocenters. The second-order valence-electron chi connectivity index (χ2n) is 7.71. The molecule has 0 saturated carbocycles. The number of pyridine rings is 1. The molecule has 0 aliphatic carbocycles. The van der Waals surface area contributed by atoms with Crippen molar-refractivity contribution in [3.05, 3.63) is 102 Å². The molecule has 2 aromatic heterocycles. The third-order valence-electron chi connectivity index (χ3n) is 5.56. The molecule has 0 radical (unpaired) electrons. The summed E-state index contributed by atoms with van der Waals surface area (Å²) in [4.78, 5) is 16.2. The van der Waals surface area contributed by atoms with Gasteiger partial charge in [-0.2, -0.15) is 0 Å². The van der Waals surface area contributed by atoms with E-state index in [2.05, 4.69) is 76.5 Å². The fourth-order valence-corrected chi connectivity index (χ4v) is 3.85. The largest absolute Gasteiger partial charge is 0.352 e. The number of nitrogens with zero attached hydrogens (tertiary/aromatic N) is 2. The van der Waals surface area contributed by atoms with Gasteiger partial charge in [0.15, 0.2) is 0 Å². The van der Waals surface area contributed by atoms with Gasteiger partial charge in [-0.15, -0.1) is 0 Å². The van der Waals surface area contributed by atoms with Crippen molar-refractivity contribution in [3.8, 4) is 0 Å². The minimum Gasteiger partial charge on any atom is -0.352 e. The highest BCUT2D eigenvalue weighted by Gasteiger charge is 2.10. The molecule has 0 unspecified atom stereocenters. The molecule has 0 bridgehead atoms. The number of aromatic nitrogens is 2. The maximum atomic E-state index is 12.2. The fraction of sp³-hybridized carbons (Fsp3) is 0.231. The number of rotatable bonds is 8. The van der Waals surface area contributed by atoms with Gasteiger partial charge in [0.2, 0.25) is 5.91 Å². The van der Waals surface area contributed by atoms with Crippen LogP contribution >= 0.6 is 0 Å². The summed E-state index contributed by atoms with van der Waals surface area (Å²) >= 11 is 0. The Hall–Kier alpha value is -3.40. The zero-order chi connectivity index (χ0) is 20.8. The summed E-state index contributed by atoms with van der Waals surface area (Å²) in [5, 5.41) is 4.28. The molecule has 4 nitrogen and oxygen atoms in total. The molecule has 30 heavy (non-hydrogen) atoms. The SMILES string of the molecule is Cc1ccccc1Cn1cc(CCCC(=O)NCc2ccncc2)c2ccccc21. The third kappa shape index (κ3) is 4.77. The average Bonchev–Trinajstić information content (AvgIpc) is 3.12. The molecule has 4 rings (SSSR count). The topological polar surface area (TPSA) is 46.9 Å². The highest BCUT2D eigenvalue weighted by Crippen LogP contribution is 2.24. The van der Waals surface area contributed by atoms with Crippen LogP contribution in [0.2, 0.25) is 0 Å². The molecule has 1 amide bonds. The summed E-state index contributed by atoms with van der Waals surface area (Å²) in [6.45, 7) is 3.57. The summed E-state index contributed by atoms with van der Waals surface area (Å²) in [7, 11) is 0. The van der Waals surface area contributed by atoms with E-state index in [0.29, 0.717) is 13.0 Å². The molecule has 4 heteroatoms. The van der Waals surface area contributed by atoms with Crippen LogP contribution in [0.25, 0.3) is 10.9 Å². The van der Waals surface area contributed by atoms with Crippen molar-refractivity contribution in [3.63, 3.8) is 0 Å². The van der Waals surface area contributed by atoms with E-state index in [1.165, 1.54) is 27.6 Å². The van der Waals surface area contributed by atoms with Gasteiger partial charge < -0.3 is 9.88 Å². The van der Waals surface area contributed by atoms with Gasteiger partial charge in [-0.25, -0.2) is 0 Å². The van der Waals surface area contributed by atoms with Gasteiger partial charge in [-0.3, -0.25) is 9.78 Å². The number of hydrogen-bond donors (Lipinski definition) is 1. The smallest absolute Gasteiger partial charge is 0.220 e. The predicted molar refractivity (Wildman–Crippen MR) is 121 cm³/mol. The first kappa shape index (κ1) is 19.9. The van der Waals surface area contributed by atoms with Crippen molar-refractivity contribution in [1.82, 2.24) is 14.9 Å². The average molecular weight is 398 g/mol. The standard InChI is InChI=1S/C26H27N3O/c1-20-7-2-3-8-22(20)18-29-19-23(24-10-4-5-11-25(24)29)9-6-12-26(30)28-17-21-13-15-27-16-14-21/h2-5,7-8,10-11,13-16,19H,6,9,12,17-18H2,1H3,(H,28,30). The summed E-state index contributed by atoms with van der Waals surface area (Å²) in [5.74, 6) is 0.0930. The number of para-hydroxylation sites is 1. The summed E-state index contributed by atoms with van der Waals surface area (Å²) in [5.41, 5.74) is 6.26. The number of aryl methyl sites for hydroxylation is 2. The first-order valence-corrected chi connectivity index (χ1v) is 10.5. The van der Waals surface area contributed by atoms with Crippen molar-refractivity contribution >= 4 is 16.8 Å². The second kappa shape index (κ2) is 9.40. The van der Waals surface area contributed by atoms with E-state index < -0.39 is 0 Å². The summed E-state index contributed by atoms with van der Waals surface area (Å²) in [6, 6.07) is 20.9. The van der Waals surface area contributed by atoms with E-state index >= 15 is 0 Å². The van der Waals surface area contributed by atoms with Crippen LogP contribution in [-0.2, 0) is 24.3 Å². The molecule has 4 aromatic rings. The highest BCUT2D eigenvalue weighted by molar-refractivity contribution is 5.84. The summed E-state index contributed by atoms with van der Waals surface area (Å²) in [6.07, 6.45) is 8.00. The molecule has 2 aromatic carbocycles. The Morgan fingerprint density at radius 3 is 2.57 bits per heavy atom. The molecular weight excluding hydrogens is 370 g/mol. The zero-order valence-corrected chi connectivity index (χ0v) is 17.3. The number of nitrogens with one attached hydrogen (secondary N) is 1. The van der Waals surface area contributed by atoms with Crippen LogP contribution in [0.1, 0.15) is 35.1 Å². The number of carbonyl (C=O) groups is 1. The summed E-state index contributed by atoms with van der Waals surface area (Å²) < 4.78 is 2.33. The van der Waals surface area contributed by atoms with E-state index in [-0.39, 0.29) is 5.91 Å². The van der Waals surface area contributed by atoms with E-state index in [0.717, 1.165) is 24.9 Å². The lowest BCUT2D eigenvalue weighted by Crippen LogP contribution is -2.22. The van der Waals surface area contributed by atoms with E-state index in [9.17, 15) is 4.79 Å². The van der Waals surface area contributed by atoms with Gasteiger partial charge in [-0.1, -0.05) is 42.5 Å². The van der Waals surface area contributed by atoms with Crippen molar-refractivity contribution in [2.45, 2.75) is 39.3 Å². The second-order valence-corrected chi connectivity index (χ2v) is 7.71. The van der Waals surface area contributed by atoms with Gasteiger partial charge in [0.05, 0.1) is 0 Å². The van der Waals surface area contributed by atoms with Crippen LogP contribution in [0.3, 0.4) is 0 Å². The maximum Gasteiger partial charge on any atom is 0.220 e. The highest BCUT2D eigenvalue weighted by atomic mass is 16.1. The third-order valence-corrected chi connectivity index (χ3v) is 5.56. The molecule has 0 aliphatic heterocycles. The molecule has 0 spiro atoms. The Bertz CT molecular complexity index is 1130. The Morgan fingerprint density at radius 1 is 0.967 bits per heavy atom. The first-order valence-electron chi connectivity index (χ1n) is 10.5. The van der Waals surface area contributed by atoms with E-state index in [1.54, 1.807) is 12.4 Å². The van der Waals surface area contributed by atoms with Crippen LogP contribution in [0.15, 0.2) is 79.3 Å². The number of amides is 1. The quantitative estimate of drug-likeness (QED) is 0.453. The fourth-order valence-electron chi connectivity index (χ4n) is 3.85. The predicted octanol–water partition coefficient (Wildman–Crippen LogP) is 5.03. The van der Waals surface area contributed by atoms with Crippen LogP contribution in [0.5, 0.6) is 0 Å². The van der Waals surface area contributed by atoms with E-state index in [4.69, 9.17) is 0 Å². The Balaban J connectivity index is 1.39. The van der Waals surface area contributed by atoms with E-state index in [1.807, 2.05) is 12.1 Å². The number of benzene rings is 2. The van der Waals surface area contributed by atoms with Crippen LogP contribution in [-0.4, -0.2) is 15.5 Å². The Labute approximate surface area is 177 Å². The van der Waals surface area contributed by atoms with Crippen LogP contribution in [0, 0.1) is 6.92 Å². The minimum absolute atomic E-state index is 0.0930. The van der Waals surface area contributed by atoms with Crippen molar-refractivity contribution in [2.75, 3.05) is 0 Å². The van der Waals surface area contributed by atoms with Gasteiger partial charge >= 0.3 is 0 Å². The molecule has 2 heterocycles. The molecule has 1 N–H and O–H groups in total. The van der Waals surface area contributed by atoms with Gasteiger partial charge in [0.25, 0.3) is 0 Å². The van der Waals surface area contributed by atoms with Gasteiger partial charge in [0.1, 0.15) is 0 Å². The molecule has 0 aliphatic rings. The van der Waals surface area contributed by atoms with Gasteiger partial charge in [0, 0.05) is 49.0 Å².